The Morgan fingerprint density at radius 2 is 1.62 bits per heavy atom. The van der Waals surface area contributed by atoms with E-state index in [4.69, 9.17) is 0 Å². The minimum absolute atomic E-state index is 0.344. The first-order valence-corrected chi connectivity index (χ1v) is 6.89. The maximum atomic E-state index is 11.7. The molecule has 3 fully saturated rings. The van der Waals surface area contributed by atoms with E-state index in [1.807, 2.05) is 0 Å². The Balaban J connectivity index is 1.85. The zero-order chi connectivity index (χ0) is 11.3. The van der Waals surface area contributed by atoms with Crippen LogP contribution in [0.25, 0.3) is 0 Å². The van der Waals surface area contributed by atoms with E-state index in [1.165, 1.54) is 32.1 Å². The number of hydrogen-bond acceptors (Lipinski definition) is 2. The van der Waals surface area contributed by atoms with Gasteiger partial charge in [-0.05, 0) is 45.4 Å². The standard InChI is InChI=1S/C14H23NO/c1-14(2,10-6-7-10)15-11-4-3-5-12(15)9-13(16)8-11/h10-12H,3-9H2,1-2H3. The van der Waals surface area contributed by atoms with Crippen LogP contribution in [0.1, 0.15) is 58.8 Å². The Morgan fingerprint density at radius 3 is 2.12 bits per heavy atom. The fourth-order valence-electron chi connectivity index (χ4n) is 4.12. The van der Waals surface area contributed by atoms with E-state index >= 15 is 0 Å². The molecule has 0 aromatic carbocycles. The molecule has 0 aromatic rings. The highest BCUT2D eigenvalue weighted by Crippen LogP contribution is 2.48. The number of carbonyl (C=O) groups is 1. The van der Waals surface area contributed by atoms with Crippen molar-refractivity contribution in [2.45, 2.75) is 76.4 Å². The lowest BCUT2D eigenvalue weighted by atomic mass is 9.78. The van der Waals surface area contributed by atoms with E-state index in [2.05, 4.69) is 18.7 Å². The fraction of sp³-hybridized carbons (Fsp3) is 0.929. The van der Waals surface area contributed by atoms with Crippen molar-refractivity contribution < 1.29 is 4.79 Å². The second kappa shape index (κ2) is 3.56. The summed E-state index contributed by atoms with van der Waals surface area (Å²) in [6, 6.07) is 1.13. The van der Waals surface area contributed by atoms with Crippen LogP contribution in [0.15, 0.2) is 0 Å². The van der Waals surface area contributed by atoms with Gasteiger partial charge in [0.1, 0.15) is 5.78 Å². The molecule has 0 N–H and O–H groups in total. The number of hydrogen-bond donors (Lipinski definition) is 0. The largest absolute Gasteiger partial charge is 0.300 e. The van der Waals surface area contributed by atoms with Gasteiger partial charge in [-0.15, -0.1) is 0 Å². The lowest BCUT2D eigenvalue weighted by molar-refractivity contribution is -0.132. The average molecular weight is 221 g/mol. The number of carbonyl (C=O) groups excluding carboxylic acids is 1. The van der Waals surface area contributed by atoms with Crippen LogP contribution in [-0.4, -0.2) is 28.3 Å². The van der Waals surface area contributed by atoms with Gasteiger partial charge in [-0.25, -0.2) is 0 Å². The van der Waals surface area contributed by atoms with Crippen molar-refractivity contribution in [2.75, 3.05) is 0 Å². The highest BCUT2D eigenvalue weighted by Gasteiger charge is 2.50. The van der Waals surface area contributed by atoms with Crippen LogP contribution in [0.4, 0.5) is 0 Å². The SMILES string of the molecule is CC(C)(C1CC1)N1C2CCCC1CC(=O)C2. The molecule has 2 heteroatoms. The molecular formula is C14H23NO. The van der Waals surface area contributed by atoms with Gasteiger partial charge in [-0.3, -0.25) is 9.69 Å². The molecule has 2 aliphatic heterocycles. The van der Waals surface area contributed by atoms with Gasteiger partial charge in [-0.1, -0.05) is 6.42 Å². The monoisotopic (exact) mass is 221 g/mol. The summed E-state index contributed by atoms with van der Waals surface area (Å²) in [5.41, 5.74) is 0.344. The van der Waals surface area contributed by atoms with Gasteiger partial charge >= 0.3 is 0 Å². The molecule has 3 aliphatic rings. The summed E-state index contributed by atoms with van der Waals surface area (Å²) in [6.07, 6.45) is 8.28. The van der Waals surface area contributed by atoms with Crippen molar-refractivity contribution in [1.29, 1.82) is 0 Å². The van der Waals surface area contributed by atoms with E-state index in [9.17, 15) is 4.79 Å². The number of ketones is 1. The molecular weight excluding hydrogens is 198 g/mol. The lowest BCUT2D eigenvalue weighted by Crippen LogP contribution is -2.61. The van der Waals surface area contributed by atoms with Crippen LogP contribution in [0.5, 0.6) is 0 Å². The van der Waals surface area contributed by atoms with Gasteiger partial charge in [0.2, 0.25) is 0 Å². The van der Waals surface area contributed by atoms with Crippen molar-refractivity contribution in [3.05, 3.63) is 0 Å². The molecule has 90 valence electrons. The summed E-state index contributed by atoms with van der Waals surface area (Å²) in [5, 5.41) is 0. The molecule has 0 spiro atoms. The van der Waals surface area contributed by atoms with Crippen LogP contribution < -0.4 is 0 Å². The Bertz CT molecular complexity index is 290. The molecule has 1 aliphatic carbocycles. The predicted molar refractivity (Wildman–Crippen MR) is 64.3 cm³/mol. The number of rotatable bonds is 2. The highest BCUT2D eigenvalue weighted by molar-refractivity contribution is 5.80. The molecule has 0 amide bonds. The summed E-state index contributed by atoms with van der Waals surface area (Å²) < 4.78 is 0. The summed E-state index contributed by atoms with van der Waals surface area (Å²) in [6.45, 7) is 4.82. The van der Waals surface area contributed by atoms with Crippen LogP contribution in [0, 0.1) is 5.92 Å². The van der Waals surface area contributed by atoms with Gasteiger partial charge in [0, 0.05) is 30.5 Å². The van der Waals surface area contributed by atoms with Crippen molar-refractivity contribution >= 4 is 5.78 Å². The van der Waals surface area contributed by atoms with Gasteiger partial charge in [0.05, 0.1) is 0 Å². The fourth-order valence-corrected chi connectivity index (χ4v) is 4.12. The summed E-state index contributed by atoms with van der Waals surface area (Å²) in [5.74, 6) is 1.40. The number of nitrogens with zero attached hydrogens (tertiary/aromatic N) is 1. The quantitative estimate of drug-likeness (QED) is 0.714. The Morgan fingerprint density at radius 1 is 1.06 bits per heavy atom. The zero-order valence-corrected chi connectivity index (χ0v) is 10.5. The molecule has 0 aromatic heterocycles. The van der Waals surface area contributed by atoms with Crippen LogP contribution in [0.2, 0.25) is 0 Å². The second-order valence-corrected chi connectivity index (χ2v) is 6.52. The second-order valence-electron chi connectivity index (χ2n) is 6.52. The first kappa shape index (κ1) is 10.8. The summed E-state index contributed by atoms with van der Waals surface area (Å²) in [4.78, 5) is 14.4. The molecule has 1 saturated carbocycles. The molecule has 3 rings (SSSR count). The van der Waals surface area contributed by atoms with Crippen molar-refractivity contribution in [2.24, 2.45) is 5.92 Å². The van der Waals surface area contributed by atoms with Crippen molar-refractivity contribution in [1.82, 2.24) is 4.90 Å². The first-order chi connectivity index (χ1) is 7.59. The van der Waals surface area contributed by atoms with E-state index in [0.717, 1.165) is 18.8 Å². The van der Waals surface area contributed by atoms with Crippen molar-refractivity contribution in [3.8, 4) is 0 Å². The predicted octanol–water partition coefficient (Wildman–Crippen LogP) is 2.76. The Labute approximate surface area is 98.4 Å². The summed E-state index contributed by atoms with van der Waals surface area (Å²) >= 11 is 0. The third kappa shape index (κ3) is 1.62. The van der Waals surface area contributed by atoms with Gasteiger partial charge in [0.15, 0.2) is 0 Å². The van der Waals surface area contributed by atoms with Gasteiger partial charge in [-0.2, -0.15) is 0 Å². The molecule has 2 unspecified atom stereocenters. The third-order valence-electron chi connectivity index (χ3n) is 5.03. The normalized spacial score (nSPS) is 36.5. The van der Waals surface area contributed by atoms with Gasteiger partial charge in [0.25, 0.3) is 0 Å². The van der Waals surface area contributed by atoms with E-state index in [1.54, 1.807) is 0 Å². The number of fused-ring (bicyclic) bond motifs is 2. The van der Waals surface area contributed by atoms with E-state index < -0.39 is 0 Å². The molecule has 2 nitrogen and oxygen atoms in total. The van der Waals surface area contributed by atoms with Gasteiger partial charge < -0.3 is 0 Å². The Hall–Kier alpha value is -0.370. The molecule has 2 bridgehead atoms. The summed E-state index contributed by atoms with van der Waals surface area (Å²) in [7, 11) is 0. The molecule has 16 heavy (non-hydrogen) atoms. The van der Waals surface area contributed by atoms with E-state index in [-0.39, 0.29) is 0 Å². The third-order valence-corrected chi connectivity index (χ3v) is 5.03. The topological polar surface area (TPSA) is 20.3 Å². The zero-order valence-electron chi connectivity index (χ0n) is 10.5. The maximum Gasteiger partial charge on any atom is 0.136 e. The maximum absolute atomic E-state index is 11.7. The Kier molecular flexibility index (Phi) is 2.39. The highest BCUT2D eigenvalue weighted by atomic mass is 16.1. The van der Waals surface area contributed by atoms with Crippen molar-refractivity contribution in [3.63, 3.8) is 0 Å². The average Bonchev–Trinajstić information content (AvgIpc) is 2.98. The smallest absolute Gasteiger partial charge is 0.136 e. The minimum Gasteiger partial charge on any atom is -0.300 e. The minimum atomic E-state index is 0.344. The lowest BCUT2D eigenvalue weighted by Gasteiger charge is -2.54. The number of Topliss-reactive ketones (excluding diaryl/α,β-unsaturated/α-hetero) is 1. The van der Waals surface area contributed by atoms with Crippen LogP contribution in [0.3, 0.4) is 0 Å². The molecule has 2 heterocycles. The first-order valence-electron chi connectivity index (χ1n) is 6.89. The van der Waals surface area contributed by atoms with Crippen LogP contribution >= 0.6 is 0 Å². The molecule has 2 atom stereocenters. The number of piperidine rings is 2. The van der Waals surface area contributed by atoms with Crippen LogP contribution in [-0.2, 0) is 4.79 Å². The van der Waals surface area contributed by atoms with E-state index in [0.29, 0.717) is 23.4 Å². The molecule has 0 radical (unpaired) electrons. The molecule has 2 saturated heterocycles.